The normalized spacial score (nSPS) is 15.3. The number of hydrogen-bond donors (Lipinski definition) is 1. The van der Waals surface area contributed by atoms with Crippen LogP contribution in [-0.4, -0.2) is 12.5 Å². The highest BCUT2D eigenvalue weighted by Crippen LogP contribution is 2.33. The highest BCUT2D eigenvalue weighted by molar-refractivity contribution is 14.1. The van der Waals surface area contributed by atoms with E-state index >= 15 is 0 Å². The lowest BCUT2D eigenvalue weighted by Crippen LogP contribution is -2.23. The Hall–Kier alpha value is -0.100. The lowest BCUT2D eigenvalue weighted by Gasteiger charge is -2.02. The van der Waals surface area contributed by atoms with Crippen LogP contribution in [0.2, 0.25) is 0 Å². The number of halogens is 1. The third kappa shape index (κ3) is 3.75. The highest BCUT2D eigenvalue weighted by Gasteiger charge is 2.20. The second kappa shape index (κ2) is 5.30. The van der Waals surface area contributed by atoms with Crippen molar-refractivity contribution in [2.45, 2.75) is 25.7 Å². The van der Waals surface area contributed by atoms with Crippen LogP contribution >= 0.6 is 33.9 Å². The quantitative estimate of drug-likeness (QED) is 0.649. The molecule has 1 aliphatic rings. The predicted octanol–water partition coefficient (Wildman–Crippen LogP) is 3.27. The molecule has 0 aromatic carbocycles. The Morgan fingerprint density at radius 3 is 3.00 bits per heavy atom. The SMILES string of the molecule is O=C(NCCCC1CC1)c1csc(I)c1. The van der Waals surface area contributed by atoms with Crippen LogP contribution in [0.15, 0.2) is 11.4 Å². The van der Waals surface area contributed by atoms with Gasteiger partial charge in [0, 0.05) is 11.9 Å². The van der Waals surface area contributed by atoms with Gasteiger partial charge in [0.05, 0.1) is 8.45 Å². The van der Waals surface area contributed by atoms with Gasteiger partial charge in [0.1, 0.15) is 0 Å². The van der Waals surface area contributed by atoms with Gasteiger partial charge in [0.2, 0.25) is 0 Å². The average molecular weight is 335 g/mol. The van der Waals surface area contributed by atoms with Gasteiger partial charge in [-0.3, -0.25) is 4.79 Å². The molecule has 82 valence electrons. The molecule has 0 radical (unpaired) electrons. The van der Waals surface area contributed by atoms with E-state index in [0.29, 0.717) is 0 Å². The second-order valence-electron chi connectivity index (χ2n) is 3.98. The number of rotatable bonds is 5. The van der Waals surface area contributed by atoms with Gasteiger partial charge < -0.3 is 5.32 Å². The molecule has 2 nitrogen and oxygen atoms in total. The van der Waals surface area contributed by atoms with Gasteiger partial charge in [-0.1, -0.05) is 12.8 Å². The molecule has 1 amide bonds. The molecule has 1 aromatic heterocycles. The molecule has 0 bridgehead atoms. The molecule has 0 spiro atoms. The minimum atomic E-state index is 0.0740. The van der Waals surface area contributed by atoms with E-state index in [1.807, 2.05) is 11.4 Å². The van der Waals surface area contributed by atoms with Crippen LogP contribution in [0, 0.1) is 8.80 Å². The molecular formula is C11H14INOS. The molecular weight excluding hydrogens is 321 g/mol. The molecule has 1 N–H and O–H groups in total. The number of amides is 1. The first-order valence-electron chi connectivity index (χ1n) is 5.28. The molecule has 1 heterocycles. The minimum absolute atomic E-state index is 0.0740. The molecule has 0 atom stereocenters. The van der Waals surface area contributed by atoms with Crippen molar-refractivity contribution in [1.29, 1.82) is 0 Å². The summed E-state index contributed by atoms with van der Waals surface area (Å²) >= 11 is 3.85. The fraction of sp³-hybridized carbons (Fsp3) is 0.545. The van der Waals surface area contributed by atoms with E-state index in [9.17, 15) is 4.79 Å². The lowest BCUT2D eigenvalue weighted by molar-refractivity contribution is 0.0953. The summed E-state index contributed by atoms with van der Waals surface area (Å²) < 4.78 is 1.16. The van der Waals surface area contributed by atoms with Crippen molar-refractivity contribution in [3.63, 3.8) is 0 Å². The number of thiophene rings is 1. The molecule has 15 heavy (non-hydrogen) atoms. The molecule has 1 aromatic rings. The van der Waals surface area contributed by atoms with E-state index in [2.05, 4.69) is 27.9 Å². The largest absolute Gasteiger partial charge is 0.352 e. The van der Waals surface area contributed by atoms with Gasteiger partial charge >= 0.3 is 0 Å². The Kier molecular flexibility index (Phi) is 4.02. The first kappa shape index (κ1) is 11.4. The number of carbonyl (C=O) groups excluding carboxylic acids is 1. The zero-order valence-corrected chi connectivity index (χ0v) is 11.4. The maximum Gasteiger partial charge on any atom is 0.252 e. The van der Waals surface area contributed by atoms with Crippen molar-refractivity contribution in [2.75, 3.05) is 6.54 Å². The fourth-order valence-corrected chi connectivity index (χ4v) is 2.86. The van der Waals surface area contributed by atoms with Gasteiger partial charge in [-0.05, 0) is 47.4 Å². The summed E-state index contributed by atoms with van der Waals surface area (Å²) in [4.78, 5) is 11.6. The van der Waals surface area contributed by atoms with Crippen LogP contribution in [0.4, 0.5) is 0 Å². The summed E-state index contributed by atoms with van der Waals surface area (Å²) in [5.41, 5.74) is 0.802. The number of carbonyl (C=O) groups is 1. The Bertz CT molecular complexity index is 346. The smallest absolute Gasteiger partial charge is 0.252 e. The molecule has 1 aliphatic carbocycles. The Morgan fingerprint density at radius 2 is 2.40 bits per heavy atom. The van der Waals surface area contributed by atoms with Crippen molar-refractivity contribution >= 4 is 39.8 Å². The van der Waals surface area contributed by atoms with Gasteiger partial charge in [0.15, 0.2) is 0 Å². The van der Waals surface area contributed by atoms with Crippen LogP contribution in [0.25, 0.3) is 0 Å². The first-order chi connectivity index (χ1) is 7.25. The summed E-state index contributed by atoms with van der Waals surface area (Å²) in [6, 6.07) is 1.93. The summed E-state index contributed by atoms with van der Waals surface area (Å²) in [7, 11) is 0. The van der Waals surface area contributed by atoms with E-state index in [4.69, 9.17) is 0 Å². The van der Waals surface area contributed by atoms with E-state index < -0.39 is 0 Å². The van der Waals surface area contributed by atoms with Crippen molar-refractivity contribution in [3.8, 4) is 0 Å². The maximum absolute atomic E-state index is 11.6. The first-order valence-corrected chi connectivity index (χ1v) is 7.24. The Morgan fingerprint density at radius 1 is 1.60 bits per heavy atom. The van der Waals surface area contributed by atoms with Crippen LogP contribution < -0.4 is 5.32 Å². The molecule has 4 heteroatoms. The molecule has 1 saturated carbocycles. The number of nitrogens with one attached hydrogen (secondary N) is 1. The standard InChI is InChI=1S/C11H14INOS/c12-10-6-9(7-15-10)11(14)13-5-1-2-8-3-4-8/h6-8H,1-5H2,(H,13,14). The van der Waals surface area contributed by atoms with Crippen molar-refractivity contribution < 1.29 is 4.79 Å². The fourth-order valence-electron chi connectivity index (χ4n) is 1.53. The van der Waals surface area contributed by atoms with Crippen LogP contribution in [-0.2, 0) is 0 Å². The van der Waals surface area contributed by atoms with Crippen LogP contribution in [0.5, 0.6) is 0 Å². The van der Waals surface area contributed by atoms with Gasteiger partial charge in [-0.2, -0.15) is 0 Å². The zero-order valence-electron chi connectivity index (χ0n) is 8.46. The average Bonchev–Trinajstić information content (AvgIpc) is 2.94. The van der Waals surface area contributed by atoms with Crippen molar-refractivity contribution in [2.24, 2.45) is 5.92 Å². The number of hydrogen-bond acceptors (Lipinski definition) is 2. The lowest BCUT2D eigenvalue weighted by atomic mass is 10.2. The van der Waals surface area contributed by atoms with E-state index in [-0.39, 0.29) is 5.91 Å². The molecule has 0 unspecified atom stereocenters. The molecule has 2 rings (SSSR count). The Labute approximate surface area is 108 Å². The Balaban J connectivity index is 1.67. The predicted molar refractivity (Wildman–Crippen MR) is 71.3 cm³/mol. The van der Waals surface area contributed by atoms with Gasteiger partial charge in [-0.15, -0.1) is 11.3 Å². The van der Waals surface area contributed by atoms with Crippen molar-refractivity contribution in [1.82, 2.24) is 5.32 Å². The second-order valence-corrected chi connectivity index (χ2v) is 6.79. The van der Waals surface area contributed by atoms with Gasteiger partial charge in [-0.25, -0.2) is 0 Å². The van der Waals surface area contributed by atoms with Gasteiger partial charge in [0.25, 0.3) is 5.91 Å². The zero-order chi connectivity index (χ0) is 10.7. The minimum Gasteiger partial charge on any atom is -0.352 e. The molecule has 1 fully saturated rings. The van der Waals surface area contributed by atoms with E-state index in [0.717, 1.165) is 27.3 Å². The summed E-state index contributed by atoms with van der Waals surface area (Å²) in [5, 5.41) is 4.87. The van der Waals surface area contributed by atoms with E-state index in [1.165, 1.54) is 19.3 Å². The third-order valence-corrected chi connectivity index (χ3v) is 4.39. The van der Waals surface area contributed by atoms with Crippen LogP contribution in [0.3, 0.4) is 0 Å². The van der Waals surface area contributed by atoms with Crippen molar-refractivity contribution in [3.05, 3.63) is 19.9 Å². The monoisotopic (exact) mass is 335 g/mol. The molecule has 0 saturated heterocycles. The summed E-state index contributed by atoms with van der Waals surface area (Å²) in [5.74, 6) is 1.04. The summed E-state index contributed by atoms with van der Waals surface area (Å²) in [6.07, 6.45) is 5.20. The summed E-state index contributed by atoms with van der Waals surface area (Å²) in [6.45, 7) is 0.821. The topological polar surface area (TPSA) is 29.1 Å². The molecule has 0 aliphatic heterocycles. The third-order valence-electron chi connectivity index (χ3n) is 2.60. The maximum atomic E-state index is 11.6. The van der Waals surface area contributed by atoms with E-state index in [1.54, 1.807) is 11.3 Å². The van der Waals surface area contributed by atoms with Crippen LogP contribution in [0.1, 0.15) is 36.0 Å². The highest BCUT2D eigenvalue weighted by atomic mass is 127.